The minimum atomic E-state index is -0.529. The van der Waals surface area contributed by atoms with Crippen molar-refractivity contribution >= 4 is 46.4 Å². The Hall–Kier alpha value is -1.76. The van der Waals surface area contributed by atoms with E-state index >= 15 is 0 Å². The largest absolute Gasteiger partial charge is 0.494 e. The van der Waals surface area contributed by atoms with Crippen LogP contribution in [0, 0.1) is 6.92 Å². The molecule has 2 amide bonds. The van der Waals surface area contributed by atoms with Gasteiger partial charge in [0.05, 0.1) is 22.0 Å². The van der Waals surface area contributed by atoms with Crippen LogP contribution in [0.15, 0.2) is 18.2 Å². The van der Waals surface area contributed by atoms with Crippen LogP contribution < -0.4 is 15.6 Å². The molecule has 0 saturated carbocycles. The highest BCUT2D eigenvalue weighted by Crippen LogP contribution is 2.33. The molecule has 0 radical (unpaired) electrons. The summed E-state index contributed by atoms with van der Waals surface area (Å²) in [6.45, 7) is 3.98. The molecule has 0 saturated heterocycles. The summed E-state index contributed by atoms with van der Waals surface area (Å²) in [5.74, 6) is -0.610. The van der Waals surface area contributed by atoms with Crippen molar-refractivity contribution in [3.8, 4) is 5.75 Å². The molecule has 0 aliphatic heterocycles. The van der Waals surface area contributed by atoms with Crippen molar-refractivity contribution in [3.63, 3.8) is 0 Å². The van der Waals surface area contributed by atoms with E-state index in [-0.39, 0.29) is 21.5 Å². The number of methoxy groups -OCH3 is 1. The van der Waals surface area contributed by atoms with E-state index < -0.39 is 5.91 Å². The van der Waals surface area contributed by atoms with Gasteiger partial charge in [-0.2, -0.15) is 0 Å². The van der Waals surface area contributed by atoms with E-state index in [2.05, 4.69) is 10.9 Å². The Balaban J connectivity index is 2.06. The molecular formula is C16H16Cl2N2O3S. The molecule has 1 heterocycles. The third-order valence-electron chi connectivity index (χ3n) is 3.32. The Kier molecular flexibility index (Phi) is 6.10. The van der Waals surface area contributed by atoms with Gasteiger partial charge in [0.1, 0.15) is 0 Å². The molecular weight excluding hydrogens is 371 g/mol. The Morgan fingerprint density at radius 2 is 1.71 bits per heavy atom. The highest BCUT2D eigenvalue weighted by molar-refractivity contribution is 7.14. The highest BCUT2D eigenvalue weighted by Gasteiger charge is 2.16. The first-order valence-electron chi connectivity index (χ1n) is 7.10. The molecule has 0 aliphatic rings. The standard InChI is InChI=1S/C16H16Cl2N2O3S/c1-4-12-8(2)5-13(24-12)16(22)20-19-15(21)9-6-10(17)14(23-3)11(18)7-9/h5-7H,4H2,1-3H3,(H,19,21)(H,20,22). The van der Waals surface area contributed by atoms with Gasteiger partial charge in [-0.15, -0.1) is 11.3 Å². The van der Waals surface area contributed by atoms with Gasteiger partial charge in [0, 0.05) is 10.4 Å². The van der Waals surface area contributed by atoms with E-state index in [0.29, 0.717) is 10.6 Å². The van der Waals surface area contributed by atoms with Crippen molar-refractivity contribution in [2.24, 2.45) is 0 Å². The number of halogens is 2. The van der Waals surface area contributed by atoms with Gasteiger partial charge in [-0.05, 0) is 37.1 Å². The molecule has 0 fully saturated rings. The van der Waals surface area contributed by atoms with E-state index in [0.717, 1.165) is 16.9 Å². The van der Waals surface area contributed by atoms with Crippen LogP contribution in [0.25, 0.3) is 0 Å². The molecule has 2 aromatic rings. The average molecular weight is 387 g/mol. The number of hydrazine groups is 1. The van der Waals surface area contributed by atoms with Crippen LogP contribution in [-0.2, 0) is 6.42 Å². The van der Waals surface area contributed by atoms with Gasteiger partial charge in [-0.3, -0.25) is 20.4 Å². The van der Waals surface area contributed by atoms with E-state index in [1.165, 1.54) is 30.6 Å². The van der Waals surface area contributed by atoms with E-state index in [1.54, 1.807) is 6.07 Å². The van der Waals surface area contributed by atoms with Crippen LogP contribution in [-0.4, -0.2) is 18.9 Å². The molecule has 24 heavy (non-hydrogen) atoms. The third kappa shape index (κ3) is 4.01. The van der Waals surface area contributed by atoms with Crippen molar-refractivity contribution in [2.75, 3.05) is 7.11 Å². The topological polar surface area (TPSA) is 67.4 Å². The fraction of sp³-hybridized carbons (Fsp3) is 0.250. The van der Waals surface area contributed by atoms with E-state index in [9.17, 15) is 9.59 Å². The molecule has 1 aromatic carbocycles. The molecule has 0 aliphatic carbocycles. The van der Waals surface area contributed by atoms with E-state index in [4.69, 9.17) is 27.9 Å². The van der Waals surface area contributed by atoms with Gasteiger partial charge in [-0.25, -0.2) is 0 Å². The molecule has 0 unspecified atom stereocenters. The summed E-state index contributed by atoms with van der Waals surface area (Å²) in [6, 6.07) is 4.63. The summed E-state index contributed by atoms with van der Waals surface area (Å²) >= 11 is 13.4. The molecule has 0 atom stereocenters. The van der Waals surface area contributed by atoms with Crippen LogP contribution in [0.1, 0.15) is 37.4 Å². The molecule has 5 nitrogen and oxygen atoms in total. The summed E-state index contributed by atoms with van der Waals surface area (Å²) in [5, 5.41) is 0.422. The molecule has 2 N–H and O–H groups in total. The summed E-state index contributed by atoms with van der Waals surface area (Å²) in [7, 11) is 1.43. The average Bonchev–Trinajstić information content (AvgIpc) is 2.93. The number of ether oxygens (including phenoxy) is 1. The summed E-state index contributed by atoms with van der Waals surface area (Å²) < 4.78 is 5.03. The first-order chi connectivity index (χ1) is 11.4. The minimum Gasteiger partial charge on any atom is -0.494 e. The number of thiophene rings is 1. The second-order valence-corrected chi connectivity index (χ2v) is 6.90. The molecule has 128 valence electrons. The fourth-order valence-electron chi connectivity index (χ4n) is 2.12. The zero-order chi connectivity index (χ0) is 17.9. The normalized spacial score (nSPS) is 10.4. The maximum absolute atomic E-state index is 12.1. The number of carbonyl (C=O) groups is 2. The third-order valence-corrected chi connectivity index (χ3v) is 5.26. The lowest BCUT2D eigenvalue weighted by atomic mass is 10.2. The van der Waals surface area contributed by atoms with Crippen LogP contribution in [0.5, 0.6) is 5.75 Å². The molecule has 0 bridgehead atoms. The maximum atomic E-state index is 12.1. The van der Waals surface area contributed by atoms with Crippen molar-refractivity contribution in [3.05, 3.63) is 49.1 Å². The summed E-state index contributed by atoms with van der Waals surface area (Å²) in [4.78, 5) is 25.9. The lowest BCUT2D eigenvalue weighted by Crippen LogP contribution is -2.41. The van der Waals surface area contributed by atoms with Gasteiger partial charge in [0.15, 0.2) is 5.75 Å². The highest BCUT2D eigenvalue weighted by atomic mass is 35.5. The first-order valence-corrected chi connectivity index (χ1v) is 8.67. The number of rotatable bonds is 4. The number of carbonyl (C=O) groups excluding carboxylic acids is 2. The predicted molar refractivity (Wildman–Crippen MR) is 96.4 cm³/mol. The zero-order valence-corrected chi connectivity index (χ0v) is 15.7. The smallest absolute Gasteiger partial charge is 0.279 e. The van der Waals surface area contributed by atoms with Crippen LogP contribution in [0.2, 0.25) is 10.0 Å². The Bertz CT molecular complexity index is 767. The number of hydrogen-bond donors (Lipinski definition) is 2. The lowest BCUT2D eigenvalue weighted by molar-refractivity contribution is 0.0849. The summed E-state index contributed by atoms with van der Waals surface area (Å²) in [5.41, 5.74) is 6.00. The van der Waals surface area contributed by atoms with Crippen molar-refractivity contribution in [1.29, 1.82) is 0 Å². The number of nitrogens with one attached hydrogen (secondary N) is 2. The Morgan fingerprint density at radius 3 is 2.21 bits per heavy atom. The molecule has 2 rings (SSSR count). The van der Waals surface area contributed by atoms with Crippen LogP contribution in [0.4, 0.5) is 0 Å². The van der Waals surface area contributed by atoms with Gasteiger partial charge < -0.3 is 4.74 Å². The first kappa shape index (κ1) is 18.6. The van der Waals surface area contributed by atoms with Gasteiger partial charge in [0.25, 0.3) is 11.8 Å². The number of hydrogen-bond acceptors (Lipinski definition) is 4. The van der Waals surface area contributed by atoms with Gasteiger partial charge >= 0.3 is 0 Å². The summed E-state index contributed by atoms with van der Waals surface area (Å²) in [6.07, 6.45) is 0.860. The second kappa shape index (κ2) is 7.88. The number of aryl methyl sites for hydroxylation is 2. The Labute approximate surface area is 153 Å². The Morgan fingerprint density at radius 1 is 1.12 bits per heavy atom. The van der Waals surface area contributed by atoms with Crippen molar-refractivity contribution in [2.45, 2.75) is 20.3 Å². The predicted octanol–water partition coefficient (Wildman–Crippen LogP) is 4.01. The van der Waals surface area contributed by atoms with Crippen LogP contribution >= 0.6 is 34.5 Å². The maximum Gasteiger partial charge on any atom is 0.279 e. The number of amides is 2. The quantitative estimate of drug-likeness (QED) is 0.779. The zero-order valence-electron chi connectivity index (χ0n) is 13.3. The lowest BCUT2D eigenvalue weighted by Gasteiger charge is -2.10. The molecule has 0 spiro atoms. The van der Waals surface area contributed by atoms with Crippen LogP contribution in [0.3, 0.4) is 0 Å². The fourth-order valence-corrected chi connectivity index (χ4v) is 3.77. The molecule has 8 heteroatoms. The monoisotopic (exact) mass is 386 g/mol. The second-order valence-electron chi connectivity index (χ2n) is 4.95. The van der Waals surface area contributed by atoms with E-state index in [1.807, 2.05) is 13.8 Å². The van der Waals surface area contributed by atoms with Crippen molar-refractivity contribution < 1.29 is 14.3 Å². The SMILES string of the molecule is CCc1sc(C(=O)NNC(=O)c2cc(Cl)c(OC)c(Cl)c2)cc1C. The molecule has 1 aromatic heterocycles. The number of benzene rings is 1. The van der Waals surface area contributed by atoms with Crippen molar-refractivity contribution in [1.82, 2.24) is 10.9 Å². The minimum absolute atomic E-state index is 0.211. The van der Waals surface area contributed by atoms with Gasteiger partial charge in [0.2, 0.25) is 0 Å². The van der Waals surface area contributed by atoms with Gasteiger partial charge in [-0.1, -0.05) is 30.1 Å².